The van der Waals surface area contributed by atoms with Gasteiger partial charge in [-0.3, -0.25) is 4.98 Å². The standard InChI is InChI=1S/C30H31N3OSi/c1-35(2,3)18-17-34-22-33-30-16-14-24(28-21-31-20-25-11-7-8-12-26(25)28)19-27(30)29(32-33)15-13-23-9-5-4-6-10-23/h4-16,19-21H,17-18,22H2,1-3H3/b15-13+. The van der Waals surface area contributed by atoms with Crippen molar-refractivity contribution in [2.45, 2.75) is 32.4 Å². The van der Waals surface area contributed by atoms with Gasteiger partial charge in [0.2, 0.25) is 0 Å². The fourth-order valence-corrected chi connectivity index (χ4v) is 4.97. The first-order chi connectivity index (χ1) is 17.0. The predicted molar refractivity (Wildman–Crippen MR) is 150 cm³/mol. The summed E-state index contributed by atoms with van der Waals surface area (Å²) < 4.78 is 8.04. The van der Waals surface area contributed by atoms with Crippen LogP contribution in [0.15, 0.2) is 85.2 Å². The molecule has 0 aliphatic rings. The average Bonchev–Trinajstić information content (AvgIpc) is 3.22. The van der Waals surface area contributed by atoms with E-state index in [1.165, 1.54) is 5.39 Å². The fourth-order valence-electron chi connectivity index (χ4n) is 4.21. The van der Waals surface area contributed by atoms with Gasteiger partial charge in [-0.15, -0.1) is 0 Å². The molecule has 0 amide bonds. The van der Waals surface area contributed by atoms with E-state index in [0.717, 1.165) is 51.3 Å². The molecule has 0 fully saturated rings. The molecule has 176 valence electrons. The molecule has 0 aliphatic carbocycles. The van der Waals surface area contributed by atoms with Crippen LogP contribution in [-0.4, -0.2) is 29.4 Å². The lowest BCUT2D eigenvalue weighted by Crippen LogP contribution is -2.22. The van der Waals surface area contributed by atoms with Crippen LogP contribution in [-0.2, 0) is 11.5 Å². The maximum atomic E-state index is 6.05. The fraction of sp³-hybridized carbons (Fsp3) is 0.200. The van der Waals surface area contributed by atoms with Gasteiger partial charge in [0, 0.05) is 43.4 Å². The summed E-state index contributed by atoms with van der Waals surface area (Å²) in [7, 11) is -1.13. The summed E-state index contributed by atoms with van der Waals surface area (Å²) in [6.07, 6.45) is 8.08. The number of benzene rings is 3. The normalized spacial score (nSPS) is 12.2. The van der Waals surface area contributed by atoms with Crippen molar-refractivity contribution in [3.63, 3.8) is 0 Å². The van der Waals surface area contributed by atoms with E-state index >= 15 is 0 Å². The van der Waals surface area contributed by atoms with Gasteiger partial charge in [0.1, 0.15) is 6.73 Å². The molecule has 35 heavy (non-hydrogen) atoms. The zero-order chi connectivity index (χ0) is 24.3. The van der Waals surface area contributed by atoms with E-state index in [2.05, 4.69) is 91.4 Å². The highest BCUT2D eigenvalue weighted by atomic mass is 28.3. The van der Waals surface area contributed by atoms with E-state index < -0.39 is 8.07 Å². The second-order valence-corrected chi connectivity index (χ2v) is 15.7. The van der Waals surface area contributed by atoms with Gasteiger partial charge in [0.05, 0.1) is 11.2 Å². The first-order valence-electron chi connectivity index (χ1n) is 12.1. The van der Waals surface area contributed by atoms with Crippen LogP contribution in [0.4, 0.5) is 0 Å². The van der Waals surface area contributed by atoms with Crippen LogP contribution in [0.1, 0.15) is 11.3 Å². The van der Waals surface area contributed by atoms with E-state index in [0.29, 0.717) is 6.73 Å². The van der Waals surface area contributed by atoms with Crippen LogP contribution in [0.5, 0.6) is 0 Å². The van der Waals surface area contributed by atoms with Crippen molar-refractivity contribution >= 4 is 41.9 Å². The molecule has 0 atom stereocenters. The van der Waals surface area contributed by atoms with Crippen LogP contribution in [0.25, 0.3) is 45.0 Å². The van der Waals surface area contributed by atoms with Crippen molar-refractivity contribution in [1.82, 2.24) is 14.8 Å². The maximum Gasteiger partial charge on any atom is 0.140 e. The molecule has 0 unspecified atom stereocenters. The van der Waals surface area contributed by atoms with E-state index in [4.69, 9.17) is 9.84 Å². The molecule has 2 aromatic heterocycles. The number of hydrogen-bond donors (Lipinski definition) is 0. The molecule has 0 saturated carbocycles. The zero-order valence-electron chi connectivity index (χ0n) is 20.6. The molecule has 0 aliphatic heterocycles. The van der Waals surface area contributed by atoms with Crippen LogP contribution < -0.4 is 0 Å². The van der Waals surface area contributed by atoms with Crippen molar-refractivity contribution in [2.75, 3.05) is 6.61 Å². The quantitative estimate of drug-likeness (QED) is 0.169. The average molecular weight is 478 g/mol. The Hall–Kier alpha value is -3.54. The third kappa shape index (κ3) is 5.42. The minimum Gasteiger partial charge on any atom is -0.360 e. The number of hydrogen-bond acceptors (Lipinski definition) is 3. The van der Waals surface area contributed by atoms with Gasteiger partial charge < -0.3 is 4.74 Å². The Morgan fingerprint density at radius 3 is 2.49 bits per heavy atom. The summed E-state index contributed by atoms with van der Waals surface area (Å²) in [6.45, 7) is 8.34. The second kappa shape index (κ2) is 9.98. The summed E-state index contributed by atoms with van der Waals surface area (Å²) in [4.78, 5) is 4.49. The third-order valence-electron chi connectivity index (χ3n) is 6.20. The Morgan fingerprint density at radius 2 is 1.66 bits per heavy atom. The lowest BCUT2D eigenvalue weighted by Gasteiger charge is -2.15. The van der Waals surface area contributed by atoms with Gasteiger partial charge in [-0.2, -0.15) is 5.10 Å². The minimum atomic E-state index is -1.13. The van der Waals surface area contributed by atoms with E-state index in [1.54, 1.807) is 0 Å². The molecule has 0 spiro atoms. The lowest BCUT2D eigenvalue weighted by atomic mass is 9.99. The van der Waals surface area contributed by atoms with Gasteiger partial charge in [0.25, 0.3) is 0 Å². The topological polar surface area (TPSA) is 39.9 Å². The molecule has 5 heteroatoms. The van der Waals surface area contributed by atoms with Crippen molar-refractivity contribution in [3.8, 4) is 11.1 Å². The molecular weight excluding hydrogens is 446 g/mol. The Labute approximate surface area is 207 Å². The molecule has 4 nitrogen and oxygen atoms in total. The van der Waals surface area contributed by atoms with E-state index in [9.17, 15) is 0 Å². The summed E-state index contributed by atoms with van der Waals surface area (Å²) in [6, 6.07) is 26.4. The Morgan fingerprint density at radius 1 is 0.857 bits per heavy atom. The highest BCUT2D eigenvalue weighted by molar-refractivity contribution is 6.76. The Bertz CT molecular complexity index is 1480. The van der Waals surface area contributed by atoms with Crippen molar-refractivity contribution in [1.29, 1.82) is 0 Å². The van der Waals surface area contributed by atoms with E-state index in [-0.39, 0.29) is 0 Å². The second-order valence-electron chi connectivity index (χ2n) is 10.1. The van der Waals surface area contributed by atoms with Crippen molar-refractivity contribution < 1.29 is 4.74 Å². The predicted octanol–water partition coefficient (Wildman–Crippen LogP) is 7.73. The molecular formula is C30H31N3OSi. The van der Waals surface area contributed by atoms with Crippen LogP contribution in [0.3, 0.4) is 0 Å². The van der Waals surface area contributed by atoms with Crippen LogP contribution in [0.2, 0.25) is 25.7 Å². The minimum absolute atomic E-state index is 0.454. The van der Waals surface area contributed by atoms with Gasteiger partial charge in [-0.05, 0) is 40.8 Å². The maximum absolute atomic E-state index is 6.05. The number of nitrogens with zero attached hydrogens (tertiary/aromatic N) is 3. The smallest absolute Gasteiger partial charge is 0.140 e. The van der Waals surface area contributed by atoms with Crippen molar-refractivity contribution in [2.24, 2.45) is 0 Å². The lowest BCUT2D eigenvalue weighted by molar-refractivity contribution is 0.0816. The highest BCUT2D eigenvalue weighted by Gasteiger charge is 2.14. The van der Waals surface area contributed by atoms with Gasteiger partial charge >= 0.3 is 0 Å². The molecule has 2 heterocycles. The highest BCUT2D eigenvalue weighted by Crippen LogP contribution is 2.31. The van der Waals surface area contributed by atoms with Crippen LogP contribution >= 0.6 is 0 Å². The summed E-state index contributed by atoms with van der Waals surface area (Å²) in [5.74, 6) is 0. The van der Waals surface area contributed by atoms with E-state index in [1.807, 2.05) is 35.3 Å². The summed E-state index contributed by atoms with van der Waals surface area (Å²) in [5.41, 5.74) is 5.42. The monoisotopic (exact) mass is 477 g/mol. The molecule has 0 saturated heterocycles. The molecule has 3 aromatic carbocycles. The number of ether oxygens (including phenoxy) is 1. The van der Waals surface area contributed by atoms with Crippen molar-refractivity contribution in [3.05, 3.63) is 96.4 Å². The van der Waals surface area contributed by atoms with Crippen LogP contribution in [0, 0.1) is 0 Å². The van der Waals surface area contributed by atoms with Gasteiger partial charge in [-0.25, -0.2) is 4.68 Å². The summed E-state index contributed by atoms with van der Waals surface area (Å²) >= 11 is 0. The SMILES string of the molecule is C[Si](C)(C)CCOCn1nc(/C=C/c2ccccc2)c2cc(-c3cncc4ccccc34)ccc21. The molecule has 5 rings (SSSR count). The Balaban J connectivity index is 1.54. The summed E-state index contributed by atoms with van der Waals surface area (Å²) in [5, 5.41) is 8.38. The first kappa shape index (κ1) is 23.2. The molecule has 0 bridgehead atoms. The number of pyridine rings is 1. The van der Waals surface area contributed by atoms with Gasteiger partial charge in [-0.1, -0.05) is 86.4 Å². The molecule has 0 radical (unpaired) electrons. The molecule has 5 aromatic rings. The third-order valence-corrected chi connectivity index (χ3v) is 7.91. The van der Waals surface area contributed by atoms with Gasteiger partial charge in [0.15, 0.2) is 0 Å². The zero-order valence-corrected chi connectivity index (χ0v) is 21.6. The number of rotatable bonds is 8. The number of fused-ring (bicyclic) bond motifs is 2. The first-order valence-corrected chi connectivity index (χ1v) is 15.8. The number of aromatic nitrogens is 3. The Kier molecular flexibility index (Phi) is 6.62. The largest absolute Gasteiger partial charge is 0.360 e. The molecule has 0 N–H and O–H groups in total.